The third-order valence-electron chi connectivity index (χ3n) is 2.16. The van der Waals surface area contributed by atoms with Crippen LogP contribution in [0.2, 0.25) is 0 Å². The number of nitrogens with two attached hydrogens (primary N) is 1. The van der Waals surface area contributed by atoms with Crippen molar-refractivity contribution in [3.05, 3.63) is 10.7 Å². The monoisotopic (exact) mass is 182 g/mol. The Hall–Kier alpha value is -0.570. The normalized spacial score (nSPS) is 16.8. The molecule has 1 aromatic rings. The number of rotatable bonds is 3. The van der Waals surface area contributed by atoms with Crippen molar-refractivity contribution in [3.8, 4) is 0 Å². The minimum absolute atomic E-state index is 0.753. The van der Waals surface area contributed by atoms with Gasteiger partial charge in [-0.25, -0.2) is 4.98 Å². The molecule has 2 N–H and O–H groups in total. The van der Waals surface area contributed by atoms with E-state index in [-0.39, 0.29) is 0 Å². The predicted molar refractivity (Wildman–Crippen MR) is 52.5 cm³/mol. The van der Waals surface area contributed by atoms with Gasteiger partial charge in [0.2, 0.25) is 0 Å². The van der Waals surface area contributed by atoms with Gasteiger partial charge >= 0.3 is 0 Å². The summed E-state index contributed by atoms with van der Waals surface area (Å²) in [4.78, 5) is 4.56. The predicted octanol–water partition coefficient (Wildman–Crippen LogP) is 2.56. The summed E-state index contributed by atoms with van der Waals surface area (Å²) in [5, 5.41) is 2.22. The van der Waals surface area contributed by atoms with Gasteiger partial charge in [0, 0.05) is 5.92 Å². The van der Waals surface area contributed by atoms with Gasteiger partial charge in [0.15, 0.2) is 0 Å². The fraction of sp³-hybridized carbons (Fsp3) is 0.667. The molecular weight excluding hydrogens is 168 g/mol. The van der Waals surface area contributed by atoms with Crippen molar-refractivity contribution in [2.24, 2.45) is 0 Å². The number of hydrogen-bond donors (Lipinski definition) is 1. The molecule has 0 radical (unpaired) electrons. The van der Waals surface area contributed by atoms with Crippen LogP contribution in [0.4, 0.5) is 5.00 Å². The molecule has 0 aliphatic heterocycles. The molecule has 0 unspecified atom stereocenters. The first-order valence-electron chi connectivity index (χ1n) is 4.56. The molecular formula is C9H14N2S. The Bertz CT molecular complexity index is 276. The van der Waals surface area contributed by atoms with Gasteiger partial charge in [0.05, 0.1) is 10.7 Å². The Kier molecular flexibility index (Phi) is 2.05. The number of aryl methyl sites for hydroxylation is 1. The molecule has 1 aromatic heterocycles. The zero-order valence-corrected chi connectivity index (χ0v) is 8.16. The number of aromatic nitrogens is 1. The average molecular weight is 182 g/mol. The van der Waals surface area contributed by atoms with E-state index in [0.717, 1.165) is 29.5 Å². The summed E-state index contributed by atoms with van der Waals surface area (Å²) in [7, 11) is 0. The van der Waals surface area contributed by atoms with E-state index < -0.39 is 0 Å². The van der Waals surface area contributed by atoms with E-state index in [4.69, 9.17) is 5.73 Å². The maximum absolute atomic E-state index is 5.85. The first kappa shape index (κ1) is 8.05. The van der Waals surface area contributed by atoms with E-state index >= 15 is 0 Å². The molecule has 0 amide bonds. The quantitative estimate of drug-likeness (QED) is 0.780. The second-order valence-corrected chi connectivity index (χ2v) is 4.45. The van der Waals surface area contributed by atoms with Crippen molar-refractivity contribution < 1.29 is 0 Å². The molecule has 1 saturated carbocycles. The van der Waals surface area contributed by atoms with Gasteiger partial charge in [0.1, 0.15) is 5.00 Å². The van der Waals surface area contributed by atoms with Gasteiger partial charge in [-0.1, -0.05) is 13.3 Å². The van der Waals surface area contributed by atoms with Crippen molar-refractivity contribution in [2.45, 2.75) is 38.5 Å². The van der Waals surface area contributed by atoms with E-state index in [1.165, 1.54) is 17.8 Å². The topological polar surface area (TPSA) is 38.9 Å². The van der Waals surface area contributed by atoms with Crippen LogP contribution < -0.4 is 5.73 Å². The van der Waals surface area contributed by atoms with Crippen LogP contribution in [0.3, 0.4) is 0 Å². The Labute approximate surface area is 76.8 Å². The first-order valence-corrected chi connectivity index (χ1v) is 5.38. The summed E-state index contributed by atoms with van der Waals surface area (Å²) in [5.74, 6) is 0.753. The molecule has 1 aliphatic carbocycles. The minimum atomic E-state index is 0.753. The second kappa shape index (κ2) is 3.05. The molecule has 0 saturated heterocycles. The van der Waals surface area contributed by atoms with Gasteiger partial charge in [-0.3, -0.25) is 0 Å². The summed E-state index contributed by atoms with van der Waals surface area (Å²) in [6, 6.07) is 0. The van der Waals surface area contributed by atoms with E-state index in [9.17, 15) is 0 Å². The fourth-order valence-electron chi connectivity index (χ4n) is 1.30. The van der Waals surface area contributed by atoms with Crippen LogP contribution in [0.1, 0.15) is 42.8 Å². The lowest BCUT2D eigenvalue weighted by Crippen LogP contribution is -1.90. The number of anilines is 1. The highest BCUT2D eigenvalue weighted by atomic mass is 32.1. The highest BCUT2D eigenvalue weighted by molar-refractivity contribution is 7.15. The Morgan fingerprint density at radius 2 is 2.33 bits per heavy atom. The lowest BCUT2D eigenvalue weighted by molar-refractivity contribution is 0.881. The molecule has 0 bridgehead atoms. The molecule has 2 rings (SSSR count). The number of nitrogen functional groups attached to an aromatic ring is 1. The fourth-order valence-corrected chi connectivity index (χ4v) is 2.35. The van der Waals surface area contributed by atoms with E-state index in [1.54, 1.807) is 11.3 Å². The van der Waals surface area contributed by atoms with Crippen LogP contribution >= 0.6 is 11.3 Å². The van der Waals surface area contributed by atoms with Gasteiger partial charge in [0.25, 0.3) is 0 Å². The van der Waals surface area contributed by atoms with Crippen LogP contribution in [0.25, 0.3) is 0 Å². The lowest BCUT2D eigenvalue weighted by Gasteiger charge is -1.91. The highest BCUT2D eigenvalue weighted by Gasteiger charge is 2.27. The molecule has 12 heavy (non-hydrogen) atoms. The van der Waals surface area contributed by atoms with Crippen molar-refractivity contribution in [3.63, 3.8) is 0 Å². The van der Waals surface area contributed by atoms with Crippen LogP contribution in [-0.2, 0) is 6.42 Å². The molecule has 2 nitrogen and oxygen atoms in total. The molecule has 0 atom stereocenters. The van der Waals surface area contributed by atoms with Gasteiger partial charge in [-0.2, -0.15) is 0 Å². The standard InChI is InChI=1S/C9H14N2S/c1-2-3-7-8(10)12-9(11-7)6-4-5-6/h6H,2-5,10H2,1H3. The third-order valence-corrected chi connectivity index (χ3v) is 3.25. The molecule has 0 spiro atoms. The lowest BCUT2D eigenvalue weighted by atomic mass is 10.3. The molecule has 3 heteroatoms. The zero-order valence-electron chi connectivity index (χ0n) is 7.34. The minimum Gasteiger partial charge on any atom is -0.389 e. The van der Waals surface area contributed by atoms with Crippen LogP contribution in [0.15, 0.2) is 0 Å². The summed E-state index contributed by atoms with van der Waals surface area (Å²) < 4.78 is 0. The first-order chi connectivity index (χ1) is 5.81. The highest BCUT2D eigenvalue weighted by Crippen LogP contribution is 2.43. The van der Waals surface area contributed by atoms with E-state index in [0.29, 0.717) is 0 Å². The largest absolute Gasteiger partial charge is 0.389 e. The van der Waals surface area contributed by atoms with Crippen molar-refractivity contribution in [1.82, 2.24) is 4.98 Å². The third kappa shape index (κ3) is 1.46. The Morgan fingerprint density at radius 1 is 1.58 bits per heavy atom. The molecule has 0 aromatic carbocycles. The number of nitrogens with zero attached hydrogens (tertiary/aromatic N) is 1. The van der Waals surface area contributed by atoms with Crippen LogP contribution in [0, 0.1) is 0 Å². The van der Waals surface area contributed by atoms with Gasteiger partial charge in [-0.05, 0) is 19.3 Å². The summed E-state index contributed by atoms with van der Waals surface area (Å²) in [6.45, 7) is 2.16. The smallest absolute Gasteiger partial charge is 0.109 e. The summed E-state index contributed by atoms with van der Waals surface area (Å²) in [5.41, 5.74) is 6.98. The van der Waals surface area contributed by atoms with Gasteiger partial charge in [-0.15, -0.1) is 11.3 Å². The van der Waals surface area contributed by atoms with Gasteiger partial charge < -0.3 is 5.73 Å². The maximum Gasteiger partial charge on any atom is 0.109 e. The molecule has 1 aliphatic rings. The Morgan fingerprint density at radius 3 is 2.92 bits per heavy atom. The van der Waals surface area contributed by atoms with E-state index in [1.807, 2.05) is 0 Å². The van der Waals surface area contributed by atoms with Crippen molar-refractivity contribution >= 4 is 16.3 Å². The number of thiazole rings is 1. The van der Waals surface area contributed by atoms with E-state index in [2.05, 4.69) is 11.9 Å². The summed E-state index contributed by atoms with van der Waals surface area (Å²) in [6.07, 6.45) is 4.81. The van der Waals surface area contributed by atoms with Crippen molar-refractivity contribution in [1.29, 1.82) is 0 Å². The average Bonchev–Trinajstić information content (AvgIpc) is 2.80. The SMILES string of the molecule is CCCc1nc(C2CC2)sc1N. The van der Waals surface area contributed by atoms with Crippen LogP contribution in [0.5, 0.6) is 0 Å². The Balaban J connectivity index is 2.18. The van der Waals surface area contributed by atoms with Crippen LogP contribution in [-0.4, -0.2) is 4.98 Å². The molecule has 1 fully saturated rings. The molecule has 1 heterocycles. The number of hydrogen-bond acceptors (Lipinski definition) is 3. The van der Waals surface area contributed by atoms with Crippen molar-refractivity contribution in [2.75, 3.05) is 5.73 Å². The molecule has 66 valence electrons. The summed E-state index contributed by atoms with van der Waals surface area (Å²) >= 11 is 1.69. The second-order valence-electron chi connectivity index (χ2n) is 3.39. The zero-order chi connectivity index (χ0) is 8.55. The maximum atomic E-state index is 5.85.